The smallest absolute Gasteiger partial charge is 0.0776 e. The molecule has 16 heavy (non-hydrogen) atoms. The maximum absolute atomic E-state index is 9.38. The molecule has 0 amide bonds. The Morgan fingerprint density at radius 2 is 1.50 bits per heavy atom. The van der Waals surface area contributed by atoms with Gasteiger partial charge in [-0.2, -0.15) is 0 Å². The number of aliphatic hydroxyl groups excluding tert-OH is 2. The second-order valence-electron chi connectivity index (χ2n) is 4.79. The summed E-state index contributed by atoms with van der Waals surface area (Å²) in [4.78, 5) is 0. The topological polar surface area (TPSA) is 40.5 Å². The zero-order chi connectivity index (χ0) is 12.1. The summed E-state index contributed by atoms with van der Waals surface area (Å²) < 4.78 is 0. The molecule has 2 nitrogen and oxygen atoms in total. The predicted octanol–water partition coefficient (Wildman–Crippen LogP) is 2.66. The lowest BCUT2D eigenvalue weighted by molar-refractivity contribution is 0.0835. The van der Waals surface area contributed by atoms with Crippen molar-refractivity contribution < 1.29 is 10.2 Å². The highest BCUT2D eigenvalue weighted by atomic mass is 16.3. The van der Waals surface area contributed by atoms with Gasteiger partial charge < -0.3 is 10.2 Å². The Morgan fingerprint density at radius 1 is 1.00 bits per heavy atom. The van der Waals surface area contributed by atoms with Gasteiger partial charge in [0.25, 0.3) is 0 Å². The minimum Gasteiger partial charge on any atom is -0.394 e. The summed E-state index contributed by atoms with van der Waals surface area (Å²) in [6, 6.07) is 8.51. The maximum Gasteiger partial charge on any atom is 0.0776 e. The molecule has 0 aliphatic rings. The van der Waals surface area contributed by atoms with Crippen LogP contribution in [0.1, 0.15) is 50.2 Å². The minimum atomic E-state index is -0.611. The highest BCUT2D eigenvalue weighted by Crippen LogP contribution is 2.23. The van der Waals surface area contributed by atoms with Gasteiger partial charge in [-0.25, -0.2) is 0 Å². The van der Waals surface area contributed by atoms with Crippen molar-refractivity contribution in [3.63, 3.8) is 0 Å². The largest absolute Gasteiger partial charge is 0.394 e. The Bertz CT molecular complexity index is 303. The Morgan fingerprint density at radius 3 is 1.94 bits per heavy atom. The normalized spacial score (nSPS) is 15.1. The summed E-state index contributed by atoms with van der Waals surface area (Å²) in [5.41, 5.74) is 2.55. The second kappa shape index (κ2) is 6.02. The van der Waals surface area contributed by atoms with Gasteiger partial charge in [-0.3, -0.25) is 0 Å². The Hall–Kier alpha value is -0.860. The molecule has 0 fully saturated rings. The summed E-state index contributed by atoms with van der Waals surface area (Å²) in [5, 5.41) is 18.2. The third-order valence-corrected chi connectivity index (χ3v) is 3.01. The molecule has 0 radical (unpaired) electrons. The van der Waals surface area contributed by atoms with Gasteiger partial charge in [-0.05, 0) is 29.4 Å². The number of hydrogen-bond acceptors (Lipinski definition) is 2. The van der Waals surface area contributed by atoms with E-state index in [2.05, 4.69) is 45.0 Å². The molecule has 1 aromatic carbocycles. The van der Waals surface area contributed by atoms with E-state index >= 15 is 0 Å². The van der Waals surface area contributed by atoms with E-state index in [0.29, 0.717) is 12.3 Å². The Balaban J connectivity index is 2.66. The van der Waals surface area contributed by atoms with Crippen molar-refractivity contribution in [2.75, 3.05) is 6.61 Å². The van der Waals surface area contributed by atoms with E-state index in [1.165, 1.54) is 11.1 Å². The lowest BCUT2D eigenvalue weighted by Crippen LogP contribution is -2.15. The molecule has 0 aliphatic heterocycles. The van der Waals surface area contributed by atoms with Crippen molar-refractivity contribution in [3.8, 4) is 0 Å². The molecule has 1 aromatic rings. The monoisotopic (exact) mass is 222 g/mol. The summed E-state index contributed by atoms with van der Waals surface area (Å²) >= 11 is 0. The molecule has 0 aliphatic carbocycles. The fraction of sp³-hybridized carbons (Fsp3) is 0.571. The summed E-state index contributed by atoms with van der Waals surface area (Å²) in [5.74, 6) is 0.829. The van der Waals surface area contributed by atoms with Gasteiger partial charge in [0.1, 0.15) is 0 Å². The zero-order valence-corrected chi connectivity index (χ0v) is 10.4. The average molecular weight is 222 g/mol. The number of rotatable bonds is 5. The molecule has 2 unspecified atom stereocenters. The molecule has 0 aromatic heterocycles. The van der Waals surface area contributed by atoms with Crippen LogP contribution in [0, 0.1) is 0 Å². The lowest BCUT2D eigenvalue weighted by Gasteiger charge is -2.16. The van der Waals surface area contributed by atoms with E-state index in [1.807, 2.05) is 0 Å². The van der Waals surface area contributed by atoms with Crippen LogP contribution in [0.5, 0.6) is 0 Å². The van der Waals surface area contributed by atoms with E-state index < -0.39 is 6.10 Å². The SMILES string of the molecule is CC(C)c1ccc(C(C)CC(O)CO)cc1. The molecular formula is C14H22O2. The van der Waals surface area contributed by atoms with E-state index in [0.717, 1.165) is 0 Å². The summed E-state index contributed by atoms with van der Waals surface area (Å²) in [6.45, 7) is 6.26. The highest BCUT2D eigenvalue weighted by Gasteiger charge is 2.11. The molecular weight excluding hydrogens is 200 g/mol. The van der Waals surface area contributed by atoms with Crippen LogP contribution in [0.15, 0.2) is 24.3 Å². The van der Waals surface area contributed by atoms with Gasteiger partial charge in [0, 0.05) is 0 Å². The van der Waals surface area contributed by atoms with Gasteiger partial charge in [0.15, 0.2) is 0 Å². The molecule has 0 spiro atoms. The molecule has 90 valence electrons. The lowest BCUT2D eigenvalue weighted by atomic mass is 9.93. The van der Waals surface area contributed by atoms with Gasteiger partial charge >= 0.3 is 0 Å². The van der Waals surface area contributed by atoms with Crippen LogP contribution in [0.3, 0.4) is 0 Å². The van der Waals surface area contributed by atoms with Crippen LogP contribution in [0.2, 0.25) is 0 Å². The van der Waals surface area contributed by atoms with Gasteiger partial charge in [0.2, 0.25) is 0 Å². The fourth-order valence-electron chi connectivity index (χ4n) is 1.83. The average Bonchev–Trinajstić information content (AvgIpc) is 2.28. The minimum absolute atomic E-state index is 0.158. The second-order valence-corrected chi connectivity index (χ2v) is 4.79. The first kappa shape index (κ1) is 13.2. The van der Waals surface area contributed by atoms with E-state index in [1.54, 1.807) is 0 Å². The molecule has 2 atom stereocenters. The van der Waals surface area contributed by atoms with Crippen molar-refractivity contribution in [2.45, 2.75) is 45.1 Å². The number of benzene rings is 1. The molecule has 0 saturated carbocycles. The molecule has 2 heteroatoms. The van der Waals surface area contributed by atoms with E-state index in [4.69, 9.17) is 5.11 Å². The van der Waals surface area contributed by atoms with E-state index in [-0.39, 0.29) is 12.5 Å². The molecule has 0 saturated heterocycles. The number of aliphatic hydroxyl groups is 2. The van der Waals surface area contributed by atoms with Crippen molar-refractivity contribution in [2.24, 2.45) is 0 Å². The standard InChI is InChI=1S/C14H22O2/c1-10(2)12-4-6-13(7-5-12)11(3)8-14(16)9-15/h4-7,10-11,14-16H,8-9H2,1-3H3. The first-order valence-corrected chi connectivity index (χ1v) is 5.93. The van der Waals surface area contributed by atoms with Crippen molar-refractivity contribution >= 4 is 0 Å². The van der Waals surface area contributed by atoms with Crippen molar-refractivity contribution in [1.82, 2.24) is 0 Å². The van der Waals surface area contributed by atoms with Crippen molar-refractivity contribution in [3.05, 3.63) is 35.4 Å². The first-order chi connectivity index (χ1) is 7.54. The van der Waals surface area contributed by atoms with E-state index in [9.17, 15) is 5.11 Å². The van der Waals surface area contributed by atoms with Crippen LogP contribution >= 0.6 is 0 Å². The van der Waals surface area contributed by atoms with Gasteiger partial charge in [-0.1, -0.05) is 45.0 Å². The third-order valence-electron chi connectivity index (χ3n) is 3.01. The molecule has 0 heterocycles. The van der Waals surface area contributed by atoms with Gasteiger partial charge in [0.05, 0.1) is 12.7 Å². The third kappa shape index (κ3) is 3.62. The quantitative estimate of drug-likeness (QED) is 0.804. The van der Waals surface area contributed by atoms with Crippen LogP contribution in [0.25, 0.3) is 0 Å². The van der Waals surface area contributed by atoms with Crippen LogP contribution < -0.4 is 0 Å². The maximum atomic E-state index is 9.38. The Kier molecular flexibility index (Phi) is 4.97. The first-order valence-electron chi connectivity index (χ1n) is 5.93. The molecule has 2 N–H and O–H groups in total. The fourth-order valence-corrected chi connectivity index (χ4v) is 1.83. The zero-order valence-electron chi connectivity index (χ0n) is 10.4. The van der Waals surface area contributed by atoms with Crippen LogP contribution in [0.4, 0.5) is 0 Å². The predicted molar refractivity (Wildman–Crippen MR) is 66.7 cm³/mol. The van der Waals surface area contributed by atoms with Crippen LogP contribution in [-0.4, -0.2) is 22.9 Å². The van der Waals surface area contributed by atoms with Crippen molar-refractivity contribution in [1.29, 1.82) is 0 Å². The Labute approximate surface area is 97.9 Å². The van der Waals surface area contributed by atoms with Crippen LogP contribution in [-0.2, 0) is 0 Å². The number of hydrogen-bond donors (Lipinski definition) is 2. The highest BCUT2D eigenvalue weighted by molar-refractivity contribution is 5.26. The summed E-state index contributed by atoms with van der Waals surface area (Å²) in [7, 11) is 0. The molecule has 0 bridgehead atoms. The summed E-state index contributed by atoms with van der Waals surface area (Å²) in [6.07, 6.45) is -0.00266. The molecule has 1 rings (SSSR count). The van der Waals surface area contributed by atoms with Gasteiger partial charge in [-0.15, -0.1) is 0 Å².